The van der Waals surface area contributed by atoms with Gasteiger partial charge in [0.15, 0.2) is 6.29 Å². The minimum atomic E-state index is 0.498. The van der Waals surface area contributed by atoms with Crippen molar-refractivity contribution in [1.29, 1.82) is 0 Å². The molecule has 1 heterocycles. The van der Waals surface area contributed by atoms with Crippen molar-refractivity contribution in [1.82, 2.24) is 4.90 Å². The van der Waals surface area contributed by atoms with Crippen molar-refractivity contribution in [2.24, 2.45) is 0 Å². The molecule has 4 heteroatoms. The van der Waals surface area contributed by atoms with E-state index >= 15 is 0 Å². The van der Waals surface area contributed by atoms with Crippen molar-refractivity contribution in [3.05, 3.63) is 89.5 Å². The van der Waals surface area contributed by atoms with Crippen LogP contribution in [0.15, 0.2) is 72.8 Å². The highest BCUT2D eigenvalue weighted by atomic mass is 16.5. The van der Waals surface area contributed by atoms with Gasteiger partial charge in [0.05, 0.1) is 13.2 Å². The van der Waals surface area contributed by atoms with Gasteiger partial charge in [-0.15, -0.1) is 0 Å². The van der Waals surface area contributed by atoms with E-state index in [1.54, 1.807) is 0 Å². The first-order valence-electron chi connectivity index (χ1n) is 9.97. The third kappa shape index (κ3) is 5.11. The minimum absolute atomic E-state index is 0.498. The second-order valence-electron chi connectivity index (χ2n) is 7.23. The highest BCUT2D eigenvalue weighted by Gasteiger charge is 2.12. The zero-order chi connectivity index (χ0) is 19.9. The summed E-state index contributed by atoms with van der Waals surface area (Å²) in [7, 11) is 0. The van der Waals surface area contributed by atoms with Crippen LogP contribution in [0.4, 0.5) is 0 Å². The van der Waals surface area contributed by atoms with E-state index in [-0.39, 0.29) is 0 Å². The summed E-state index contributed by atoms with van der Waals surface area (Å²) in [4.78, 5) is 14.0. The topological polar surface area (TPSA) is 38.8 Å². The fourth-order valence-electron chi connectivity index (χ4n) is 3.57. The van der Waals surface area contributed by atoms with Crippen LogP contribution in [-0.2, 0) is 17.9 Å². The molecule has 0 unspecified atom stereocenters. The Labute approximate surface area is 171 Å². The molecule has 4 rings (SSSR count). The van der Waals surface area contributed by atoms with Crippen LogP contribution in [0.1, 0.15) is 21.5 Å². The zero-order valence-corrected chi connectivity index (χ0v) is 16.4. The summed E-state index contributed by atoms with van der Waals surface area (Å²) in [6, 6.07) is 24.1. The molecule has 148 valence electrons. The van der Waals surface area contributed by atoms with Gasteiger partial charge in [-0.05, 0) is 46.5 Å². The lowest BCUT2D eigenvalue weighted by atomic mass is 9.98. The van der Waals surface area contributed by atoms with Gasteiger partial charge in [0.25, 0.3) is 0 Å². The lowest BCUT2D eigenvalue weighted by Gasteiger charge is -2.26. The maximum atomic E-state index is 11.6. The molecule has 0 amide bonds. The molecule has 29 heavy (non-hydrogen) atoms. The highest BCUT2D eigenvalue weighted by Crippen LogP contribution is 2.29. The van der Waals surface area contributed by atoms with Crippen LogP contribution in [0.5, 0.6) is 5.75 Å². The Morgan fingerprint density at radius 2 is 1.69 bits per heavy atom. The van der Waals surface area contributed by atoms with Crippen LogP contribution in [0.3, 0.4) is 0 Å². The Balaban J connectivity index is 1.54. The van der Waals surface area contributed by atoms with Gasteiger partial charge in [-0.2, -0.15) is 0 Å². The summed E-state index contributed by atoms with van der Waals surface area (Å²) in [6.45, 7) is 4.86. The quantitative estimate of drug-likeness (QED) is 0.557. The van der Waals surface area contributed by atoms with Gasteiger partial charge in [-0.3, -0.25) is 9.69 Å². The molecule has 1 aliphatic heterocycles. The minimum Gasteiger partial charge on any atom is -0.489 e. The lowest BCUT2D eigenvalue weighted by Crippen LogP contribution is -2.35. The van der Waals surface area contributed by atoms with E-state index in [4.69, 9.17) is 9.47 Å². The molecular weight excluding hydrogens is 362 g/mol. The van der Waals surface area contributed by atoms with Crippen molar-refractivity contribution >= 4 is 6.29 Å². The van der Waals surface area contributed by atoms with Crippen molar-refractivity contribution in [3.63, 3.8) is 0 Å². The summed E-state index contributed by atoms with van der Waals surface area (Å²) < 4.78 is 11.4. The van der Waals surface area contributed by atoms with Gasteiger partial charge in [0.1, 0.15) is 12.4 Å². The Kier molecular flexibility index (Phi) is 6.35. The molecule has 0 atom stereocenters. The first-order valence-corrected chi connectivity index (χ1v) is 9.97. The molecule has 3 aromatic carbocycles. The highest BCUT2D eigenvalue weighted by molar-refractivity contribution is 5.88. The summed E-state index contributed by atoms with van der Waals surface area (Å²) in [5, 5.41) is 0. The van der Waals surface area contributed by atoms with Crippen molar-refractivity contribution in [2.45, 2.75) is 13.2 Å². The first kappa shape index (κ1) is 19.4. The molecule has 0 bridgehead atoms. The van der Waals surface area contributed by atoms with Gasteiger partial charge in [-0.1, -0.05) is 48.5 Å². The average molecular weight is 387 g/mol. The van der Waals surface area contributed by atoms with Crippen LogP contribution in [0.25, 0.3) is 11.1 Å². The Morgan fingerprint density at radius 1 is 0.897 bits per heavy atom. The summed E-state index contributed by atoms with van der Waals surface area (Å²) in [5.41, 5.74) is 4.94. The van der Waals surface area contributed by atoms with E-state index in [0.29, 0.717) is 12.2 Å². The molecule has 0 aliphatic carbocycles. The third-order valence-corrected chi connectivity index (χ3v) is 5.15. The van der Waals surface area contributed by atoms with E-state index < -0.39 is 0 Å². The van der Waals surface area contributed by atoms with Crippen LogP contribution in [-0.4, -0.2) is 37.5 Å². The number of rotatable bonds is 7. The summed E-state index contributed by atoms with van der Waals surface area (Å²) in [5.74, 6) is 0.757. The number of carbonyl (C=O) groups excluding carboxylic acids is 1. The molecule has 1 fully saturated rings. The monoisotopic (exact) mass is 387 g/mol. The van der Waals surface area contributed by atoms with Crippen molar-refractivity contribution < 1.29 is 14.3 Å². The smallest absolute Gasteiger partial charge is 0.150 e. The Hall–Kier alpha value is -2.95. The molecule has 0 radical (unpaired) electrons. The maximum absolute atomic E-state index is 11.6. The lowest BCUT2D eigenvalue weighted by molar-refractivity contribution is 0.0342. The molecule has 1 saturated heterocycles. The van der Waals surface area contributed by atoms with Gasteiger partial charge in [0.2, 0.25) is 0 Å². The number of morpholine rings is 1. The number of aldehydes is 1. The summed E-state index contributed by atoms with van der Waals surface area (Å²) in [6.07, 6.45) is 0.908. The van der Waals surface area contributed by atoms with Gasteiger partial charge in [-0.25, -0.2) is 0 Å². The number of carbonyl (C=O) groups is 1. The number of hydrogen-bond donors (Lipinski definition) is 0. The SMILES string of the molecule is O=Cc1ccc(OCc2ccccc2)cc1-c1cccc(CN2CCOCC2)c1. The molecule has 0 N–H and O–H groups in total. The van der Waals surface area contributed by atoms with Crippen molar-refractivity contribution in [2.75, 3.05) is 26.3 Å². The Bertz CT molecular complexity index is 949. The number of benzene rings is 3. The fourth-order valence-corrected chi connectivity index (χ4v) is 3.57. The molecule has 1 aliphatic rings. The Morgan fingerprint density at radius 3 is 2.48 bits per heavy atom. The molecule has 0 aromatic heterocycles. The second-order valence-corrected chi connectivity index (χ2v) is 7.23. The molecule has 4 nitrogen and oxygen atoms in total. The van der Waals surface area contributed by atoms with Crippen LogP contribution >= 0.6 is 0 Å². The zero-order valence-electron chi connectivity index (χ0n) is 16.4. The van der Waals surface area contributed by atoms with E-state index in [1.807, 2.05) is 54.6 Å². The number of nitrogens with zero attached hydrogens (tertiary/aromatic N) is 1. The average Bonchev–Trinajstić information content (AvgIpc) is 2.79. The maximum Gasteiger partial charge on any atom is 0.150 e. The van der Waals surface area contributed by atoms with Crippen LogP contribution < -0.4 is 4.74 Å². The first-order chi connectivity index (χ1) is 14.3. The van der Waals surface area contributed by atoms with Crippen LogP contribution in [0.2, 0.25) is 0 Å². The van der Waals surface area contributed by atoms with Crippen molar-refractivity contribution in [3.8, 4) is 16.9 Å². The molecule has 3 aromatic rings. The molecular formula is C25H25NO3. The predicted molar refractivity (Wildman–Crippen MR) is 114 cm³/mol. The second kappa shape index (κ2) is 9.50. The van der Waals surface area contributed by atoms with Gasteiger partial charge in [0, 0.05) is 25.2 Å². The molecule has 0 saturated carbocycles. The number of ether oxygens (including phenoxy) is 2. The fraction of sp³-hybridized carbons (Fsp3) is 0.240. The summed E-state index contributed by atoms with van der Waals surface area (Å²) >= 11 is 0. The van der Waals surface area contributed by atoms with E-state index in [2.05, 4.69) is 23.1 Å². The van der Waals surface area contributed by atoms with E-state index in [9.17, 15) is 4.79 Å². The van der Waals surface area contributed by atoms with Gasteiger partial charge >= 0.3 is 0 Å². The van der Waals surface area contributed by atoms with Crippen LogP contribution in [0, 0.1) is 0 Å². The normalized spacial score (nSPS) is 14.5. The van der Waals surface area contributed by atoms with E-state index in [0.717, 1.165) is 61.6 Å². The van der Waals surface area contributed by atoms with Gasteiger partial charge < -0.3 is 9.47 Å². The van der Waals surface area contributed by atoms with E-state index in [1.165, 1.54) is 5.56 Å². The third-order valence-electron chi connectivity index (χ3n) is 5.15. The largest absolute Gasteiger partial charge is 0.489 e. The standard InChI is InChI=1S/C25H25NO3/c27-18-23-9-10-24(29-19-20-5-2-1-3-6-20)16-25(23)22-8-4-7-21(15-22)17-26-11-13-28-14-12-26/h1-10,15-16,18H,11-14,17,19H2. The number of hydrogen-bond acceptors (Lipinski definition) is 4. The predicted octanol–water partition coefficient (Wildman–Crippen LogP) is 4.58. The molecule has 0 spiro atoms.